The predicted molar refractivity (Wildman–Crippen MR) is 87.1 cm³/mol. The van der Waals surface area contributed by atoms with E-state index in [2.05, 4.69) is 46.4 Å². The Bertz CT molecular complexity index is 647. The Morgan fingerprint density at radius 3 is 2.57 bits per heavy atom. The second-order valence-corrected chi connectivity index (χ2v) is 5.72. The molecule has 0 aliphatic carbocycles. The van der Waals surface area contributed by atoms with Gasteiger partial charge in [0.1, 0.15) is 11.8 Å². The van der Waals surface area contributed by atoms with Crippen LogP contribution in [0.15, 0.2) is 46.9 Å². The number of nitriles is 1. The molecule has 0 amide bonds. The van der Waals surface area contributed by atoms with Crippen molar-refractivity contribution < 1.29 is 4.74 Å². The number of nitrogens with zero attached hydrogens (tertiary/aromatic N) is 1. The van der Waals surface area contributed by atoms with Gasteiger partial charge >= 0.3 is 0 Å². The van der Waals surface area contributed by atoms with E-state index in [1.165, 1.54) is 5.56 Å². The molecule has 0 spiro atoms. The van der Waals surface area contributed by atoms with E-state index in [0.717, 1.165) is 16.6 Å². The topological polar surface area (TPSA) is 45.0 Å². The van der Waals surface area contributed by atoms with E-state index in [0.29, 0.717) is 11.3 Å². The van der Waals surface area contributed by atoms with Crippen molar-refractivity contribution in [3.63, 3.8) is 0 Å². The number of halogens is 1. The van der Waals surface area contributed by atoms with Gasteiger partial charge in [0.15, 0.2) is 0 Å². The van der Waals surface area contributed by atoms with Crippen molar-refractivity contribution in [3.8, 4) is 11.8 Å². The lowest BCUT2D eigenvalue weighted by Gasteiger charge is -2.15. The Labute approximate surface area is 133 Å². The lowest BCUT2D eigenvalue weighted by molar-refractivity contribution is 0.412. The lowest BCUT2D eigenvalue weighted by atomic mass is 10.1. The number of rotatable bonds is 5. The molecular formula is C17H17BrN2O. The summed E-state index contributed by atoms with van der Waals surface area (Å²) in [7, 11) is 1.58. The van der Waals surface area contributed by atoms with Crippen LogP contribution in [0.1, 0.15) is 29.7 Å². The highest BCUT2D eigenvalue weighted by molar-refractivity contribution is 9.10. The number of nitrogens with one attached hydrogen (secondary N) is 1. The Hall–Kier alpha value is -1.83. The standard InChI is InChI=1S/C17H17BrN2O/c1-12(14-5-7-16(18)8-6-14)20-11-13-3-4-15(10-19)17(9-13)21-2/h3-9,12,20H,11H2,1-2H3. The SMILES string of the molecule is COc1cc(CNC(C)c2ccc(Br)cc2)ccc1C#N. The third-order valence-electron chi connectivity index (χ3n) is 3.37. The van der Waals surface area contributed by atoms with Gasteiger partial charge in [-0.05, 0) is 42.3 Å². The first-order valence-electron chi connectivity index (χ1n) is 6.70. The van der Waals surface area contributed by atoms with Crippen molar-refractivity contribution >= 4 is 15.9 Å². The molecule has 4 heteroatoms. The van der Waals surface area contributed by atoms with Crippen molar-refractivity contribution in [1.82, 2.24) is 5.32 Å². The molecule has 0 heterocycles. The van der Waals surface area contributed by atoms with E-state index in [1.54, 1.807) is 13.2 Å². The number of methoxy groups -OCH3 is 1. The molecule has 1 unspecified atom stereocenters. The van der Waals surface area contributed by atoms with Gasteiger partial charge in [0.2, 0.25) is 0 Å². The quantitative estimate of drug-likeness (QED) is 0.884. The number of ether oxygens (including phenoxy) is 1. The molecule has 2 rings (SSSR count). The first kappa shape index (κ1) is 15.6. The maximum absolute atomic E-state index is 8.98. The van der Waals surface area contributed by atoms with Gasteiger partial charge in [0.05, 0.1) is 12.7 Å². The molecule has 2 aromatic carbocycles. The van der Waals surface area contributed by atoms with Crippen LogP contribution in [0.25, 0.3) is 0 Å². The first-order valence-corrected chi connectivity index (χ1v) is 7.49. The zero-order chi connectivity index (χ0) is 15.2. The fourth-order valence-electron chi connectivity index (χ4n) is 2.08. The van der Waals surface area contributed by atoms with Crippen LogP contribution in [0.3, 0.4) is 0 Å². The Balaban J connectivity index is 2.02. The summed E-state index contributed by atoms with van der Waals surface area (Å²) in [6.45, 7) is 2.85. The average Bonchev–Trinajstić information content (AvgIpc) is 2.52. The third kappa shape index (κ3) is 4.07. The Morgan fingerprint density at radius 2 is 1.95 bits per heavy atom. The van der Waals surface area contributed by atoms with Crippen molar-refractivity contribution in [3.05, 3.63) is 63.6 Å². The van der Waals surface area contributed by atoms with Crippen LogP contribution >= 0.6 is 15.9 Å². The fourth-order valence-corrected chi connectivity index (χ4v) is 2.34. The van der Waals surface area contributed by atoms with E-state index in [-0.39, 0.29) is 6.04 Å². The molecule has 0 fully saturated rings. The summed E-state index contributed by atoms with van der Waals surface area (Å²) in [5.74, 6) is 0.619. The van der Waals surface area contributed by atoms with Crippen molar-refractivity contribution in [2.45, 2.75) is 19.5 Å². The van der Waals surface area contributed by atoms with Gasteiger partial charge in [-0.15, -0.1) is 0 Å². The smallest absolute Gasteiger partial charge is 0.136 e. The molecule has 1 N–H and O–H groups in total. The van der Waals surface area contributed by atoms with Gasteiger partial charge in [-0.1, -0.05) is 34.1 Å². The molecular weight excluding hydrogens is 328 g/mol. The molecule has 21 heavy (non-hydrogen) atoms. The van der Waals surface area contributed by atoms with Gasteiger partial charge in [0.25, 0.3) is 0 Å². The van der Waals surface area contributed by atoms with Crippen molar-refractivity contribution in [1.29, 1.82) is 5.26 Å². The van der Waals surface area contributed by atoms with E-state index < -0.39 is 0 Å². The first-order chi connectivity index (χ1) is 10.1. The maximum atomic E-state index is 8.98. The van der Waals surface area contributed by atoms with E-state index >= 15 is 0 Å². The van der Waals surface area contributed by atoms with E-state index in [9.17, 15) is 0 Å². The van der Waals surface area contributed by atoms with Crippen LogP contribution in [-0.2, 0) is 6.54 Å². The number of hydrogen-bond donors (Lipinski definition) is 1. The summed E-state index contributed by atoms with van der Waals surface area (Å²) < 4.78 is 6.30. The van der Waals surface area contributed by atoms with Crippen LogP contribution < -0.4 is 10.1 Å². The summed E-state index contributed by atoms with van der Waals surface area (Å²) >= 11 is 3.44. The maximum Gasteiger partial charge on any atom is 0.136 e. The summed E-state index contributed by atoms with van der Waals surface area (Å²) in [5, 5.41) is 12.4. The number of benzene rings is 2. The molecule has 0 radical (unpaired) electrons. The van der Waals surface area contributed by atoms with Crippen LogP contribution in [0, 0.1) is 11.3 Å². The third-order valence-corrected chi connectivity index (χ3v) is 3.90. The van der Waals surface area contributed by atoms with Gasteiger partial charge in [-0.3, -0.25) is 0 Å². The fraction of sp³-hybridized carbons (Fsp3) is 0.235. The molecule has 1 atom stereocenters. The highest BCUT2D eigenvalue weighted by Gasteiger charge is 2.07. The van der Waals surface area contributed by atoms with Gasteiger partial charge < -0.3 is 10.1 Å². The molecule has 3 nitrogen and oxygen atoms in total. The molecule has 0 aliphatic rings. The predicted octanol–water partition coefficient (Wildman–Crippen LogP) is 4.18. The minimum absolute atomic E-state index is 0.250. The zero-order valence-electron chi connectivity index (χ0n) is 12.1. The van der Waals surface area contributed by atoms with Crippen molar-refractivity contribution in [2.75, 3.05) is 7.11 Å². The van der Waals surface area contributed by atoms with Crippen LogP contribution in [0.5, 0.6) is 5.75 Å². The summed E-state index contributed by atoms with van der Waals surface area (Å²) in [5.41, 5.74) is 2.89. The highest BCUT2D eigenvalue weighted by atomic mass is 79.9. The normalized spacial score (nSPS) is 11.7. The lowest BCUT2D eigenvalue weighted by Crippen LogP contribution is -2.18. The molecule has 0 aliphatic heterocycles. The van der Waals surface area contributed by atoms with Crippen molar-refractivity contribution in [2.24, 2.45) is 0 Å². The molecule has 0 saturated carbocycles. The largest absolute Gasteiger partial charge is 0.495 e. The molecule has 0 aromatic heterocycles. The molecule has 0 bridgehead atoms. The molecule has 0 saturated heterocycles. The number of hydrogen-bond acceptors (Lipinski definition) is 3. The average molecular weight is 345 g/mol. The second kappa shape index (κ2) is 7.26. The van der Waals surface area contributed by atoms with E-state index in [1.807, 2.05) is 24.3 Å². The summed E-state index contributed by atoms with van der Waals surface area (Å²) in [6, 6.07) is 16.3. The van der Waals surface area contributed by atoms with E-state index in [4.69, 9.17) is 10.00 Å². The highest BCUT2D eigenvalue weighted by Crippen LogP contribution is 2.21. The zero-order valence-corrected chi connectivity index (χ0v) is 13.6. The minimum Gasteiger partial charge on any atom is -0.495 e. The monoisotopic (exact) mass is 344 g/mol. The summed E-state index contributed by atoms with van der Waals surface area (Å²) in [6.07, 6.45) is 0. The van der Waals surface area contributed by atoms with Crippen LogP contribution in [0.2, 0.25) is 0 Å². The van der Waals surface area contributed by atoms with Crippen LogP contribution in [0.4, 0.5) is 0 Å². The minimum atomic E-state index is 0.250. The Kier molecular flexibility index (Phi) is 5.38. The summed E-state index contributed by atoms with van der Waals surface area (Å²) in [4.78, 5) is 0. The second-order valence-electron chi connectivity index (χ2n) is 4.80. The van der Waals surface area contributed by atoms with Gasteiger partial charge in [-0.2, -0.15) is 5.26 Å². The van der Waals surface area contributed by atoms with Crippen LogP contribution in [-0.4, -0.2) is 7.11 Å². The molecule has 2 aromatic rings. The Morgan fingerprint density at radius 1 is 1.24 bits per heavy atom. The molecule has 108 valence electrons. The van der Waals surface area contributed by atoms with Gasteiger partial charge in [-0.25, -0.2) is 0 Å². The van der Waals surface area contributed by atoms with Gasteiger partial charge in [0, 0.05) is 17.1 Å².